The maximum atomic E-state index is 6.74. The molecule has 0 unspecified atom stereocenters. The summed E-state index contributed by atoms with van der Waals surface area (Å²) in [6.45, 7) is 6.42. The number of aryl methyl sites for hydroxylation is 3. The zero-order chi connectivity index (χ0) is 25.7. The van der Waals surface area contributed by atoms with E-state index in [2.05, 4.69) is 67.8 Å². The Labute approximate surface area is 242 Å². The molecule has 39 heavy (non-hydrogen) atoms. The number of fused-ring (bicyclic) bond motifs is 14. The van der Waals surface area contributed by atoms with E-state index in [0.717, 1.165) is 37.6 Å². The summed E-state index contributed by atoms with van der Waals surface area (Å²) >= 11 is 7.51. The second kappa shape index (κ2) is 7.23. The van der Waals surface area contributed by atoms with Crippen molar-refractivity contribution in [2.75, 3.05) is 0 Å². The quantitative estimate of drug-likeness (QED) is 0.167. The van der Waals surface area contributed by atoms with Gasteiger partial charge in [-0.3, -0.25) is 0 Å². The van der Waals surface area contributed by atoms with Crippen molar-refractivity contribution in [2.45, 2.75) is 20.8 Å². The fraction of sp³-hybridized carbons (Fsp3) is 0.100. The zero-order valence-corrected chi connectivity index (χ0v) is 25.8. The van der Waals surface area contributed by atoms with E-state index in [4.69, 9.17) is 13.8 Å². The number of benzene rings is 2. The van der Waals surface area contributed by atoms with Gasteiger partial charge < -0.3 is 0 Å². The van der Waals surface area contributed by atoms with Crippen LogP contribution in [0.5, 0.6) is 0 Å². The van der Waals surface area contributed by atoms with Crippen molar-refractivity contribution in [1.29, 1.82) is 0 Å². The second-order valence-electron chi connectivity index (χ2n) is 10.1. The van der Waals surface area contributed by atoms with Crippen molar-refractivity contribution in [2.24, 2.45) is 0 Å². The molecule has 0 saturated heterocycles. The molecule has 4 nitrogen and oxygen atoms in total. The molecule has 0 aliphatic heterocycles. The number of nitrogens with zero attached hydrogens (tertiary/aromatic N) is 2. The molecule has 188 valence electrons. The predicted octanol–water partition coefficient (Wildman–Crippen LogP) is 10.5. The minimum absolute atomic E-state index is 0.209. The summed E-state index contributed by atoms with van der Waals surface area (Å²) in [4.78, 5) is 7.21. The van der Waals surface area contributed by atoms with Gasteiger partial charge in [0.25, 0.3) is 0 Å². The summed E-state index contributed by atoms with van der Waals surface area (Å²) in [5, 5.41) is 3.47. The van der Waals surface area contributed by atoms with E-state index in [9.17, 15) is 0 Å². The normalized spacial score (nSPS) is 13.0. The van der Waals surface area contributed by atoms with Gasteiger partial charge in [0.15, 0.2) is 0 Å². The second-order valence-corrected chi connectivity index (χ2v) is 16.7. The Bertz CT molecular complexity index is 2640. The molecule has 8 heterocycles. The first-order valence-corrected chi connectivity index (χ1v) is 17.5. The van der Waals surface area contributed by atoms with E-state index in [1.807, 2.05) is 34.0 Å². The molecule has 2 aromatic carbocycles. The standard InChI is InChI=1S/C30H16N2O2S4Se/c1-11-4-6-14(7-5-11)32-17-8-12(2)35-24(17)25-20(32)21-23(37-25)15-9-19-16(10-18(15)33-21)28-22(34-19)26-29(39-28)27-30(38-26)31-13(3)36-27/h4-10H,1-3H3. The average molecular weight is 644 g/mol. The molecule has 0 radical (unpaired) electrons. The molecular weight excluding hydrogens is 628 g/mol. The van der Waals surface area contributed by atoms with E-state index in [0.29, 0.717) is 0 Å². The van der Waals surface area contributed by atoms with Gasteiger partial charge in [-0.2, -0.15) is 0 Å². The van der Waals surface area contributed by atoms with Crippen LogP contribution in [0.3, 0.4) is 0 Å². The van der Waals surface area contributed by atoms with Crippen molar-refractivity contribution >= 4 is 141 Å². The fourth-order valence-electron chi connectivity index (χ4n) is 5.88. The van der Waals surface area contributed by atoms with Gasteiger partial charge in [0, 0.05) is 0 Å². The van der Waals surface area contributed by atoms with Crippen LogP contribution >= 0.6 is 45.3 Å². The predicted molar refractivity (Wildman–Crippen MR) is 171 cm³/mol. The van der Waals surface area contributed by atoms with Crippen LogP contribution in [0.1, 0.15) is 15.4 Å². The van der Waals surface area contributed by atoms with E-state index in [1.54, 1.807) is 11.3 Å². The molecule has 0 saturated carbocycles. The molecule has 10 rings (SSSR count). The van der Waals surface area contributed by atoms with E-state index in [1.165, 1.54) is 64.6 Å². The average Bonchev–Trinajstić information content (AvgIpc) is 3.74. The molecule has 0 atom stereocenters. The monoisotopic (exact) mass is 644 g/mol. The van der Waals surface area contributed by atoms with Crippen LogP contribution in [0.15, 0.2) is 51.3 Å². The van der Waals surface area contributed by atoms with E-state index < -0.39 is 0 Å². The Hall–Kier alpha value is -2.91. The van der Waals surface area contributed by atoms with Gasteiger partial charge >= 0.3 is 237 Å². The molecule has 0 N–H and O–H groups in total. The van der Waals surface area contributed by atoms with Gasteiger partial charge in [0.1, 0.15) is 0 Å². The zero-order valence-electron chi connectivity index (χ0n) is 20.8. The third-order valence-corrected chi connectivity index (χ3v) is 15.3. The summed E-state index contributed by atoms with van der Waals surface area (Å²) in [5.41, 5.74) is 8.79. The van der Waals surface area contributed by atoms with Crippen LogP contribution in [0.25, 0.3) is 86.7 Å². The topological polar surface area (TPSA) is 44.1 Å². The van der Waals surface area contributed by atoms with Gasteiger partial charge in [0.05, 0.1) is 0 Å². The number of hydrogen-bond acceptors (Lipinski definition) is 7. The summed E-state index contributed by atoms with van der Waals surface area (Å²) in [6, 6.07) is 15.5. The first kappa shape index (κ1) is 21.9. The Balaban J connectivity index is 1.29. The summed E-state index contributed by atoms with van der Waals surface area (Å²) in [5.74, 6) is 0. The maximum absolute atomic E-state index is 6.74. The molecule has 10 aromatic rings. The number of furan rings is 2. The fourth-order valence-corrected chi connectivity index (χ4v) is 13.9. The van der Waals surface area contributed by atoms with Crippen molar-refractivity contribution < 1.29 is 8.83 Å². The van der Waals surface area contributed by atoms with Crippen molar-refractivity contribution in [3.05, 3.63) is 57.9 Å². The van der Waals surface area contributed by atoms with Crippen LogP contribution in [0.2, 0.25) is 0 Å². The van der Waals surface area contributed by atoms with Crippen LogP contribution < -0.4 is 0 Å². The Morgan fingerprint density at radius 3 is 2.38 bits per heavy atom. The van der Waals surface area contributed by atoms with Crippen LogP contribution in [-0.2, 0) is 0 Å². The van der Waals surface area contributed by atoms with Crippen LogP contribution in [0.4, 0.5) is 0 Å². The minimum atomic E-state index is 0.209. The SMILES string of the molecule is Cc1ccc(-n2c3cc(C)sc3c3sc4c5cc6oc7c8sc9nc(C)sc9c8[se]c7c6cc5oc4c32)cc1. The molecule has 0 amide bonds. The van der Waals surface area contributed by atoms with Crippen molar-refractivity contribution in [1.82, 2.24) is 9.55 Å². The molecule has 9 heteroatoms. The third-order valence-electron chi connectivity index (χ3n) is 7.56. The third kappa shape index (κ3) is 2.71. The Kier molecular flexibility index (Phi) is 4.05. The van der Waals surface area contributed by atoms with Crippen molar-refractivity contribution in [3.8, 4) is 5.69 Å². The number of thiazole rings is 1. The number of thiophene rings is 3. The molecule has 0 aliphatic carbocycles. The summed E-state index contributed by atoms with van der Waals surface area (Å²) in [7, 11) is 0. The first-order chi connectivity index (χ1) is 19.0. The first-order valence-electron chi connectivity index (χ1n) is 12.5. The van der Waals surface area contributed by atoms with E-state index >= 15 is 0 Å². The number of rotatable bonds is 1. The summed E-state index contributed by atoms with van der Waals surface area (Å²) in [6.07, 6.45) is 0. The molecule has 0 spiro atoms. The number of hydrogen-bond donors (Lipinski definition) is 0. The molecule has 8 aromatic heterocycles. The van der Waals surface area contributed by atoms with Crippen LogP contribution in [0, 0.1) is 20.8 Å². The molecule has 0 fully saturated rings. The molecular formula is C30H16N2O2S4Se. The number of aromatic nitrogens is 2. The summed E-state index contributed by atoms with van der Waals surface area (Å²) < 4.78 is 25.0. The van der Waals surface area contributed by atoms with Gasteiger partial charge in [-0.05, 0) is 6.92 Å². The van der Waals surface area contributed by atoms with Gasteiger partial charge in [-0.25, -0.2) is 0 Å². The Morgan fingerprint density at radius 1 is 0.718 bits per heavy atom. The van der Waals surface area contributed by atoms with Gasteiger partial charge in [0.2, 0.25) is 0 Å². The van der Waals surface area contributed by atoms with Crippen molar-refractivity contribution in [3.63, 3.8) is 0 Å². The molecule has 0 bridgehead atoms. The Morgan fingerprint density at radius 2 is 1.51 bits per heavy atom. The van der Waals surface area contributed by atoms with Gasteiger partial charge in [-0.1, -0.05) is 0 Å². The van der Waals surface area contributed by atoms with Crippen LogP contribution in [-0.4, -0.2) is 24.1 Å². The molecule has 0 aliphatic rings. The van der Waals surface area contributed by atoms with Gasteiger partial charge in [-0.15, -0.1) is 0 Å². The van der Waals surface area contributed by atoms with E-state index in [-0.39, 0.29) is 14.5 Å².